The molecular weight excluding hydrogens is 297 g/mol. The van der Waals surface area contributed by atoms with Crippen LogP contribution in [-0.2, 0) is 16.1 Å². The van der Waals surface area contributed by atoms with Crippen molar-refractivity contribution >= 4 is 40.1 Å². The molecule has 1 aromatic heterocycles. The van der Waals surface area contributed by atoms with Gasteiger partial charge in [-0.25, -0.2) is 4.79 Å². The summed E-state index contributed by atoms with van der Waals surface area (Å²) in [5, 5.41) is 1.28. The van der Waals surface area contributed by atoms with E-state index in [0.29, 0.717) is 0 Å². The fourth-order valence-electron chi connectivity index (χ4n) is 2.80. The number of rotatable bonds is 2. The molecular formula is C15H13Cl2NO2. The van der Waals surface area contributed by atoms with Crippen LogP contribution in [0.5, 0.6) is 0 Å². The quantitative estimate of drug-likeness (QED) is 0.776. The first kappa shape index (κ1) is 13.5. The third-order valence-corrected chi connectivity index (χ3v) is 4.54. The predicted octanol–water partition coefficient (Wildman–Crippen LogP) is 4.26. The van der Waals surface area contributed by atoms with Gasteiger partial charge in [0.15, 0.2) is 6.10 Å². The lowest BCUT2D eigenvalue weighted by molar-refractivity contribution is -0.139. The van der Waals surface area contributed by atoms with E-state index in [1.54, 1.807) is 0 Å². The Balaban J connectivity index is 2.28. The second-order valence-electron chi connectivity index (χ2n) is 4.71. The second kappa shape index (κ2) is 4.83. The first-order valence-electron chi connectivity index (χ1n) is 6.40. The van der Waals surface area contributed by atoms with Crippen molar-refractivity contribution in [2.24, 2.45) is 0 Å². The van der Waals surface area contributed by atoms with Crippen molar-refractivity contribution in [3.63, 3.8) is 0 Å². The van der Waals surface area contributed by atoms with Gasteiger partial charge in [-0.3, -0.25) is 0 Å². The minimum absolute atomic E-state index is 0.0237. The topological polar surface area (TPSA) is 31.2 Å². The van der Waals surface area contributed by atoms with Crippen molar-refractivity contribution in [2.75, 3.05) is 0 Å². The standard InChI is InChI=1S/C15H13Cl2NO2/c1-3-18-8(2)11(9-6-4-5-7-10(9)18)14-12(16)13(17)15(19)20-14/h4-7,14H,3H2,1-2H3. The normalized spacial score (nSPS) is 19.0. The Morgan fingerprint density at radius 2 is 2.00 bits per heavy atom. The molecule has 0 spiro atoms. The minimum atomic E-state index is -0.602. The Labute approximate surface area is 126 Å². The van der Waals surface area contributed by atoms with Gasteiger partial charge in [-0.1, -0.05) is 41.4 Å². The molecule has 0 amide bonds. The van der Waals surface area contributed by atoms with E-state index in [2.05, 4.69) is 11.5 Å². The average molecular weight is 310 g/mol. The van der Waals surface area contributed by atoms with Gasteiger partial charge in [0.05, 0.1) is 5.03 Å². The number of carbonyl (C=O) groups is 1. The number of ether oxygens (including phenoxy) is 1. The zero-order chi connectivity index (χ0) is 14.4. The Morgan fingerprint density at radius 3 is 2.60 bits per heavy atom. The number of hydrogen-bond acceptors (Lipinski definition) is 2. The van der Waals surface area contributed by atoms with Gasteiger partial charge >= 0.3 is 5.97 Å². The van der Waals surface area contributed by atoms with Gasteiger partial charge in [-0.2, -0.15) is 0 Å². The summed E-state index contributed by atoms with van der Waals surface area (Å²) in [7, 11) is 0. The molecule has 1 aliphatic rings. The fraction of sp³-hybridized carbons (Fsp3) is 0.267. The molecule has 3 rings (SSSR count). The largest absolute Gasteiger partial charge is 0.447 e. The van der Waals surface area contributed by atoms with E-state index < -0.39 is 12.1 Å². The third-order valence-electron chi connectivity index (χ3n) is 3.70. The number of carbonyl (C=O) groups excluding carboxylic acids is 1. The minimum Gasteiger partial charge on any atom is -0.447 e. The maximum absolute atomic E-state index is 11.6. The van der Waals surface area contributed by atoms with Gasteiger partial charge in [0.1, 0.15) is 5.03 Å². The molecule has 0 saturated heterocycles. The highest BCUT2D eigenvalue weighted by atomic mass is 35.5. The molecule has 0 N–H and O–H groups in total. The van der Waals surface area contributed by atoms with Gasteiger partial charge in [0.2, 0.25) is 0 Å². The number of fused-ring (bicyclic) bond motifs is 1. The maximum Gasteiger partial charge on any atom is 0.352 e. The molecule has 104 valence electrons. The van der Waals surface area contributed by atoms with E-state index >= 15 is 0 Å². The van der Waals surface area contributed by atoms with Crippen LogP contribution in [0.4, 0.5) is 0 Å². The molecule has 20 heavy (non-hydrogen) atoms. The molecule has 1 aromatic carbocycles. The fourth-order valence-corrected chi connectivity index (χ4v) is 3.18. The number of aryl methyl sites for hydroxylation is 1. The number of benzene rings is 1. The van der Waals surface area contributed by atoms with E-state index in [1.165, 1.54) is 0 Å². The highest BCUT2D eigenvalue weighted by molar-refractivity contribution is 6.48. The van der Waals surface area contributed by atoms with Crippen LogP contribution < -0.4 is 0 Å². The summed E-state index contributed by atoms with van der Waals surface area (Å²) in [6.45, 7) is 4.92. The zero-order valence-electron chi connectivity index (χ0n) is 11.1. The van der Waals surface area contributed by atoms with Gasteiger partial charge < -0.3 is 9.30 Å². The van der Waals surface area contributed by atoms with Crippen LogP contribution in [0.1, 0.15) is 24.3 Å². The lowest BCUT2D eigenvalue weighted by Gasteiger charge is -2.12. The van der Waals surface area contributed by atoms with Crippen molar-refractivity contribution in [3.05, 3.63) is 45.6 Å². The lowest BCUT2D eigenvalue weighted by Crippen LogP contribution is -2.04. The Bertz CT molecular complexity index is 746. The molecule has 0 bridgehead atoms. The molecule has 2 heterocycles. The molecule has 0 fully saturated rings. The summed E-state index contributed by atoms with van der Waals surface area (Å²) in [5.74, 6) is -0.561. The second-order valence-corrected chi connectivity index (χ2v) is 5.49. The number of halogens is 2. The Morgan fingerprint density at radius 1 is 1.30 bits per heavy atom. The summed E-state index contributed by atoms with van der Waals surface area (Å²) in [4.78, 5) is 11.6. The number of para-hydroxylation sites is 1. The molecule has 3 nitrogen and oxygen atoms in total. The summed E-state index contributed by atoms with van der Waals surface area (Å²) < 4.78 is 7.50. The summed E-state index contributed by atoms with van der Waals surface area (Å²) in [6, 6.07) is 8.00. The third kappa shape index (κ3) is 1.77. The smallest absolute Gasteiger partial charge is 0.352 e. The van der Waals surface area contributed by atoms with Crippen molar-refractivity contribution in [2.45, 2.75) is 26.5 Å². The number of nitrogens with zero attached hydrogens (tertiary/aromatic N) is 1. The highest BCUT2D eigenvalue weighted by Crippen LogP contribution is 2.43. The maximum atomic E-state index is 11.6. The number of hydrogen-bond donors (Lipinski definition) is 0. The monoisotopic (exact) mass is 309 g/mol. The zero-order valence-corrected chi connectivity index (χ0v) is 12.6. The Hall–Kier alpha value is -1.45. The average Bonchev–Trinajstić information content (AvgIpc) is 2.87. The molecule has 1 aliphatic heterocycles. The lowest BCUT2D eigenvalue weighted by atomic mass is 10.1. The van der Waals surface area contributed by atoms with Gasteiger partial charge in [0.25, 0.3) is 0 Å². The van der Waals surface area contributed by atoms with Crippen LogP contribution in [0.25, 0.3) is 10.9 Å². The Kier molecular flexibility index (Phi) is 3.27. The first-order chi connectivity index (χ1) is 9.56. The van der Waals surface area contributed by atoms with Gasteiger partial charge in [-0.05, 0) is 19.9 Å². The van der Waals surface area contributed by atoms with E-state index in [-0.39, 0.29) is 10.1 Å². The van der Waals surface area contributed by atoms with Crippen molar-refractivity contribution in [3.8, 4) is 0 Å². The van der Waals surface area contributed by atoms with Crippen LogP contribution in [0.15, 0.2) is 34.3 Å². The SMILES string of the molecule is CCn1c(C)c(C2OC(=O)C(Cl)=C2Cl)c2ccccc21. The van der Waals surface area contributed by atoms with Crippen molar-refractivity contribution < 1.29 is 9.53 Å². The molecule has 1 unspecified atom stereocenters. The van der Waals surface area contributed by atoms with Crippen LogP contribution in [0.2, 0.25) is 0 Å². The van der Waals surface area contributed by atoms with E-state index in [0.717, 1.165) is 28.7 Å². The molecule has 5 heteroatoms. The highest BCUT2D eigenvalue weighted by Gasteiger charge is 2.36. The number of cyclic esters (lactones) is 1. The van der Waals surface area contributed by atoms with Crippen LogP contribution in [-0.4, -0.2) is 10.5 Å². The van der Waals surface area contributed by atoms with Crippen LogP contribution in [0, 0.1) is 6.92 Å². The van der Waals surface area contributed by atoms with Crippen LogP contribution in [0.3, 0.4) is 0 Å². The first-order valence-corrected chi connectivity index (χ1v) is 7.15. The molecule has 2 aromatic rings. The summed E-state index contributed by atoms with van der Waals surface area (Å²) in [5.41, 5.74) is 3.05. The van der Waals surface area contributed by atoms with Crippen molar-refractivity contribution in [1.82, 2.24) is 4.57 Å². The predicted molar refractivity (Wildman–Crippen MR) is 79.9 cm³/mol. The molecule has 0 radical (unpaired) electrons. The van der Waals surface area contributed by atoms with E-state index in [9.17, 15) is 4.79 Å². The van der Waals surface area contributed by atoms with Crippen molar-refractivity contribution in [1.29, 1.82) is 0 Å². The van der Waals surface area contributed by atoms with Crippen LogP contribution >= 0.6 is 23.2 Å². The van der Waals surface area contributed by atoms with Gasteiger partial charge in [-0.15, -0.1) is 0 Å². The molecule has 1 atom stereocenters. The summed E-state index contributed by atoms with van der Waals surface area (Å²) >= 11 is 12.0. The number of aromatic nitrogens is 1. The van der Waals surface area contributed by atoms with E-state index in [4.69, 9.17) is 27.9 Å². The molecule has 0 aliphatic carbocycles. The summed E-state index contributed by atoms with van der Waals surface area (Å²) in [6.07, 6.45) is -0.602. The van der Waals surface area contributed by atoms with E-state index in [1.807, 2.05) is 31.2 Å². The van der Waals surface area contributed by atoms with Gasteiger partial charge in [0, 0.05) is 28.7 Å². The number of esters is 1. The molecule has 0 saturated carbocycles.